The molecule has 2 aromatic rings. The van der Waals surface area contributed by atoms with Gasteiger partial charge in [0.05, 0.1) is 11.0 Å². The highest BCUT2D eigenvalue weighted by Crippen LogP contribution is 2.35. The lowest BCUT2D eigenvalue weighted by Gasteiger charge is -2.13. The zero-order valence-electron chi connectivity index (χ0n) is 16.8. The summed E-state index contributed by atoms with van der Waals surface area (Å²) < 4.78 is 24.7. The molecule has 162 valence electrons. The Morgan fingerprint density at radius 1 is 1.19 bits per heavy atom. The van der Waals surface area contributed by atoms with Crippen LogP contribution in [0.5, 0.6) is 5.75 Å². The predicted octanol–water partition coefficient (Wildman–Crippen LogP) is 5.16. The van der Waals surface area contributed by atoms with Gasteiger partial charge in [-0.15, -0.1) is 0 Å². The summed E-state index contributed by atoms with van der Waals surface area (Å²) in [6.07, 6.45) is 1.20. The molecule has 0 unspecified atom stereocenters. The monoisotopic (exact) mass is 507 g/mol. The number of amides is 2. The number of benzene rings is 2. The molecule has 9 heteroatoms. The number of imide groups is 1. The lowest BCUT2D eigenvalue weighted by molar-refractivity contribution is -0.149. The SMILES string of the molecule is CC(C)OC(=O)CN1C(=O)S/C(=C/c2cc(Br)ccc2OCc2ccc(F)cc2)C1=O. The number of esters is 1. The molecule has 1 aliphatic rings. The minimum absolute atomic E-state index is 0.173. The van der Waals surface area contributed by atoms with Crippen LogP contribution in [0.1, 0.15) is 25.0 Å². The van der Waals surface area contributed by atoms with E-state index in [1.807, 2.05) is 0 Å². The highest BCUT2D eigenvalue weighted by Gasteiger charge is 2.37. The molecule has 0 aromatic heterocycles. The van der Waals surface area contributed by atoms with Gasteiger partial charge >= 0.3 is 5.97 Å². The van der Waals surface area contributed by atoms with Crippen LogP contribution in [0.3, 0.4) is 0 Å². The zero-order valence-corrected chi connectivity index (χ0v) is 19.2. The van der Waals surface area contributed by atoms with Gasteiger partial charge in [0.2, 0.25) is 0 Å². The summed E-state index contributed by atoms with van der Waals surface area (Å²) in [5.41, 5.74) is 1.35. The van der Waals surface area contributed by atoms with Gasteiger partial charge in [-0.2, -0.15) is 0 Å². The second-order valence-electron chi connectivity index (χ2n) is 6.90. The highest BCUT2D eigenvalue weighted by molar-refractivity contribution is 9.10. The van der Waals surface area contributed by atoms with Crippen LogP contribution >= 0.6 is 27.7 Å². The first-order chi connectivity index (χ1) is 14.7. The molecule has 0 bridgehead atoms. The molecule has 0 spiro atoms. The Kier molecular flexibility index (Phi) is 7.50. The van der Waals surface area contributed by atoms with E-state index in [0.29, 0.717) is 11.3 Å². The van der Waals surface area contributed by atoms with E-state index in [1.165, 1.54) is 12.1 Å². The lowest BCUT2D eigenvalue weighted by atomic mass is 10.1. The van der Waals surface area contributed by atoms with Crippen molar-refractivity contribution in [3.05, 3.63) is 68.8 Å². The molecule has 3 rings (SSSR count). The number of thioether (sulfide) groups is 1. The fourth-order valence-electron chi connectivity index (χ4n) is 2.71. The van der Waals surface area contributed by atoms with Crippen LogP contribution in [-0.2, 0) is 20.9 Å². The molecule has 1 fully saturated rings. The van der Waals surface area contributed by atoms with Gasteiger partial charge in [0.1, 0.15) is 24.7 Å². The molecule has 31 heavy (non-hydrogen) atoms. The maximum absolute atomic E-state index is 13.1. The van der Waals surface area contributed by atoms with Crippen LogP contribution in [0.15, 0.2) is 51.8 Å². The van der Waals surface area contributed by atoms with E-state index in [2.05, 4.69) is 15.9 Å². The number of rotatable bonds is 7. The molecular formula is C22H19BrFNO5S. The quantitative estimate of drug-likeness (QED) is 0.380. The van der Waals surface area contributed by atoms with Crippen molar-refractivity contribution in [3.63, 3.8) is 0 Å². The molecule has 1 aliphatic heterocycles. The number of hydrogen-bond acceptors (Lipinski definition) is 6. The van der Waals surface area contributed by atoms with Gasteiger partial charge in [-0.3, -0.25) is 19.3 Å². The van der Waals surface area contributed by atoms with Gasteiger partial charge in [0.15, 0.2) is 0 Å². The number of nitrogens with zero attached hydrogens (tertiary/aromatic N) is 1. The van der Waals surface area contributed by atoms with Gasteiger partial charge in [0.25, 0.3) is 11.1 Å². The van der Waals surface area contributed by atoms with E-state index >= 15 is 0 Å². The van der Waals surface area contributed by atoms with Gasteiger partial charge in [-0.25, -0.2) is 4.39 Å². The third kappa shape index (κ3) is 6.18. The van der Waals surface area contributed by atoms with E-state index in [4.69, 9.17) is 9.47 Å². The number of carbonyl (C=O) groups is 3. The molecule has 1 saturated heterocycles. The van der Waals surface area contributed by atoms with E-state index in [0.717, 1.165) is 26.7 Å². The minimum atomic E-state index is -0.649. The van der Waals surface area contributed by atoms with Crippen LogP contribution in [0, 0.1) is 5.82 Å². The summed E-state index contributed by atoms with van der Waals surface area (Å²) in [6, 6.07) is 11.2. The number of carbonyl (C=O) groups excluding carboxylic acids is 3. The number of halogens is 2. The Morgan fingerprint density at radius 3 is 2.58 bits per heavy atom. The average molecular weight is 508 g/mol. The van der Waals surface area contributed by atoms with E-state index in [9.17, 15) is 18.8 Å². The third-order valence-electron chi connectivity index (χ3n) is 4.09. The fraction of sp³-hybridized carbons (Fsp3) is 0.227. The molecule has 0 atom stereocenters. The van der Waals surface area contributed by atoms with Gasteiger partial charge in [-0.1, -0.05) is 28.1 Å². The minimum Gasteiger partial charge on any atom is -0.488 e. The molecular weight excluding hydrogens is 489 g/mol. The maximum Gasteiger partial charge on any atom is 0.326 e. The smallest absolute Gasteiger partial charge is 0.326 e. The summed E-state index contributed by atoms with van der Waals surface area (Å²) in [5, 5.41) is -0.541. The van der Waals surface area contributed by atoms with Crippen molar-refractivity contribution in [3.8, 4) is 5.75 Å². The van der Waals surface area contributed by atoms with Crippen LogP contribution in [0.25, 0.3) is 6.08 Å². The predicted molar refractivity (Wildman–Crippen MR) is 119 cm³/mol. The number of ether oxygens (including phenoxy) is 2. The van der Waals surface area contributed by atoms with E-state index in [-0.39, 0.29) is 23.4 Å². The topological polar surface area (TPSA) is 72.9 Å². The van der Waals surface area contributed by atoms with Crippen LogP contribution in [0.2, 0.25) is 0 Å². The Morgan fingerprint density at radius 2 is 1.90 bits per heavy atom. The fourth-order valence-corrected chi connectivity index (χ4v) is 3.92. The molecule has 2 aromatic carbocycles. The van der Waals surface area contributed by atoms with Crippen molar-refractivity contribution in [2.75, 3.05) is 6.54 Å². The van der Waals surface area contributed by atoms with Crippen molar-refractivity contribution < 1.29 is 28.2 Å². The van der Waals surface area contributed by atoms with Crippen molar-refractivity contribution in [2.45, 2.75) is 26.6 Å². The standard InChI is InChI=1S/C22H19BrFNO5S/c1-13(2)30-20(26)11-25-21(27)19(31-22(25)28)10-15-9-16(23)5-8-18(15)29-12-14-3-6-17(24)7-4-14/h3-10,13H,11-12H2,1-2H3/b19-10+. The maximum atomic E-state index is 13.1. The molecule has 6 nitrogen and oxygen atoms in total. The van der Waals surface area contributed by atoms with E-state index in [1.54, 1.807) is 50.3 Å². The molecule has 0 saturated carbocycles. The van der Waals surface area contributed by atoms with Crippen molar-refractivity contribution in [1.29, 1.82) is 0 Å². The summed E-state index contributed by atoms with van der Waals surface area (Å²) in [4.78, 5) is 37.8. The molecule has 0 radical (unpaired) electrons. The van der Waals surface area contributed by atoms with Crippen molar-refractivity contribution in [1.82, 2.24) is 4.90 Å². The third-order valence-corrected chi connectivity index (χ3v) is 5.49. The lowest BCUT2D eigenvalue weighted by Crippen LogP contribution is -2.35. The molecule has 0 N–H and O–H groups in total. The van der Waals surface area contributed by atoms with Crippen molar-refractivity contribution in [2.24, 2.45) is 0 Å². The first-order valence-corrected chi connectivity index (χ1v) is 11.0. The largest absolute Gasteiger partial charge is 0.488 e. The second-order valence-corrected chi connectivity index (χ2v) is 8.81. The van der Waals surface area contributed by atoms with E-state index < -0.39 is 23.7 Å². The van der Waals surface area contributed by atoms with Crippen molar-refractivity contribution >= 4 is 50.9 Å². The van der Waals surface area contributed by atoms with Gasteiger partial charge in [-0.05, 0) is 67.6 Å². The molecule has 1 heterocycles. The van der Waals surface area contributed by atoms with Gasteiger partial charge in [0, 0.05) is 10.0 Å². The Labute approximate surface area is 191 Å². The van der Waals surface area contributed by atoms with Crippen LogP contribution in [-0.4, -0.2) is 34.7 Å². The first-order valence-electron chi connectivity index (χ1n) is 9.34. The summed E-state index contributed by atoms with van der Waals surface area (Å²) in [6.45, 7) is 3.14. The Bertz CT molecular complexity index is 1040. The second kappa shape index (κ2) is 10.1. The van der Waals surface area contributed by atoms with Crippen LogP contribution in [0.4, 0.5) is 9.18 Å². The summed E-state index contributed by atoms with van der Waals surface area (Å²) in [5.74, 6) is -1.07. The number of hydrogen-bond donors (Lipinski definition) is 0. The summed E-state index contributed by atoms with van der Waals surface area (Å²) in [7, 11) is 0. The van der Waals surface area contributed by atoms with Gasteiger partial charge < -0.3 is 9.47 Å². The normalized spacial score (nSPS) is 15.1. The summed E-state index contributed by atoms with van der Waals surface area (Å²) >= 11 is 4.13. The Balaban J connectivity index is 1.78. The molecule has 0 aliphatic carbocycles. The average Bonchev–Trinajstić information content (AvgIpc) is 2.95. The molecule has 2 amide bonds. The zero-order chi connectivity index (χ0) is 22.5. The van der Waals surface area contributed by atoms with Crippen LogP contribution < -0.4 is 4.74 Å². The Hall–Kier alpha value is -2.65. The first kappa shape index (κ1) is 23.0. The highest BCUT2D eigenvalue weighted by atomic mass is 79.9.